The number of carbonyl (C=O) groups excluding carboxylic acids is 1. The van der Waals surface area contributed by atoms with E-state index in [9.17, 15) is 4.79 Å². The van der Waals surface area contributed by atoms with Crippen molar-refractivity contribution in [3.63, 3.8) is 0 Å². The minimum Gasteiger partial charge on any atom is -0.368 e. The van der Waals surface area contributed by atoms with Crippen molar-refractivity contribution >= 4 is 5.91 Å². The summed E-state index contributed by atoms with van der Waals surface area (Å²) in [4.78, 5) is 16.9. The molecule has 0 spiro atoms. The fourth-order valence-corrected chi connectivity index (χ4v) is 3.05. The number of aromatic nitrogens is 2. The Morgan fingerprint density at radius 3 is 2.87 bits per heavy atom. The van der Waals surface area contributed by atoms with E-state index in [0.717, 1.165) is 45.8 Å². The van der Waals surface area contributed by atoms with E-state index in [1.807, 2.05) is 29.7 Å². The fourth-order valence-electron chi connectivity index (χ4n) is 3.05. The number of aryl methyl sites for hydroxylation is 1. The van der Waals surface area contributed by atoms with Gasteiger partial charge in [-0.3, -0.25) is 14.4 Å². The number of ether oxygens (including phenoxy) is 1. The van der Waals surface area contributed by atoms with Gasteiger partial charge in [0.1, 0.15) is 6.10 Å². The first-order valence-electron chi connectivity index (χ1n) is 8.72. The summed E-state index contributed by atoms with van der Waals surface area (Å²) >= 11 is 0. The normalized spacial score (nSPS) is 21.2. The minimum atomic E-state index is -0.305. The van der Waals surface area contributed by atoms with Crippen molar-refractivity contribution < 1.29 is 9.53 Å². The second kappa shape index (κ2) is 7.45. The zero-order valence-corrected chi connectivity index (χ0v) is 14.3. The second-order valence-corrected chi connectivity index (χ2v) is 6.90. The molecular weight excluding hydrogens is 292 g/mol. The van der Waals surface area contributed by atoms with Gasteiger partial charge < -0.3 is 9.64 Å². The summed E-state index contributed by atoms with van der Waals surface area (Å²) in [5.74, 6) is 0.846. The highest BCUT2D eigenvalue weighted by Crippen LogP contribution is 2.29. The lowest BCUT2D eigenvalue weighted by Crippen LogP contribution is -2.41. The summed E-state index contributed by atoms with van der Waals surface area (Å²) in [5.41, 5.74) is 1.23. The fraction of sp³-hybridized carbons (Fsp3) is 0.765. The molecule has 6 nitrogen and oxygen atoms in total. The monoisotopic (exact) mass is 320 g/mol. The van der Waals surface area contributed by atoms with Crippen molar-refractivity contribution in [1.82, 2.24) is 19.6 Å². The number of hydrogen-bond acceptors (Lipinski definition) is 4. The van der Waals surface area contributed by atoms with Crippen molar-refractivity contribution in [2.75, 3.05) is 32.8 Å². The molecule has 6 heteroatoms. The van der Waals surface area contributed by atoms with Gasteiger partial charge in [0.25, 0.3) is 5.91 Å². The molecule has 128 valence electrons. The molecule has 3 rings (SSSR count). The first-order chi connectivity index (χ1) is 11.1. The number of hydrogen-bond donors (Lipinski definition) is 0. The molecule has 0 bridgehead atoms. The van der Waals surface area contributed by atoms with E-state index in [-0.39, 0.29) is 12.0 Å². The lowest BCUT2D eigenvalue weighted by atomic mass is 10.3. The number of amides is 1. The Kier molecular flexibility index (Phi) is 5.33. The first kappa shape index (κ1) is 16.5. The van der Waals surface area contributed by atoms with Crippen LogP contribution in [0.4, 0.5) is 0 Å². The van der Waals surface area contributed by atoms with E-state index in [1.54, 1.807) is 0 Å². The van der Waals surface area contributed by atoms with E-state index in [4.69, 9.17) is 4.74 Å². The van der Waals surface area contributed by atoms with Gasteiger partial charge in [-0.05, 0) is 32.1 Å². The van der Waals surface area contributed by atoms with Crippen LogP contribution in [0, 0.1) is 5.92 Å². The Morgan fingerprint density at radius 2 is 2.17 bits per heavy atom. The summed E-state index contributed by atoms with van der Waals surface area (Å²) in [6.07, 6.45) is 7.20. The smallest absolute Gasteiger partial charge is 0.251 e. The average molecular weight is 320 g/mol. The lowest BCUT2D eigenvalue weighted by molar-refractivity contribution is -0.142. The third-order valence-electron chi connectivity index (χ3n) is 4.69. The van der Waals surface area contributed by atoms with Crippen LogP contribution in [0.5, 0.6) is 0 Å². The van der Waals surface area contributed by atoms with Crippen molar-refractivity contribution in [1.29, 1.82) is 0 Å². The molecule has 1 aromatic rings. The maximum absolute atomic E-state index is 12.5. The van der Waals surface area contributed by atoms with Crippen LogP contribution in [0.25, 0.3) is 0 Å². The van der Waals surface area contributed by atoms with Crippen LogP contribution in [-0.4, -0.2) is 64.4 Å². The molecule has 0 radical (unpaired) electrons. The lowest BCUT2D eigenvalue weighted by Gasteiger charge is -2.24. The van der Waals surface area contributed by atoms with E-state index in [1.165, 1.54) is 18.4 Å². The predicted octanol–water partition coefficient (Wildman–Crippen LogP) is 1.27. The molecule has 2 fully saturated rings. The van der Waals surface area contributed by atoms with Gasteiger partial charge in [0, 0.05) is 51.5 Å². The summed E-state index contributed by atoms with van der Waals surface area (Å²) in [7, 11) is 1.94. The molecule has 2 heterocycles. The van der Waals surface area contributed by atoms with Crippen LogP contribution in [0.2, 0.25) is 0 Å². The predicted molar refractivity (Wildman–Crippen MR) is 87.8 cm³/mol. The molecule has 0 N–H and O–H groups in total. The number of rotatable bonds is 6. The van der Waals surface area contributed by atoms with Crippen LogP contribution < -0.4 is 0 Å². The molecule has 1 atom stereocenters. The van der Waals surface area contributed by atoms with E-state index in [2.05, 4.69) is 16.2 Å². The molecule has 1 saturated heterocycles. The molecule has 2 aliphatic rings. The standard InChI is InChI=1S/C17H28N4O2/c1-14(23-13-15-4-5-15)17(22)21-7-3-6-20(8-9-21)12-16-10-18-19(2)11-16/h10-11,14-15H,3-9,12-13H2,1-2H3/t14-/m1/s1. The third-order valence-corrected chi connectivity index (χ3v) is 4.69. The van der Waals surface area contributed by atoms with Gasteiger partial charge >= 0.3 is 0 Å². The highest BCUT2D eigenvalue weighted by molar-refractivity contribution is 5.80. The van der Waals surface area contributed by atoms with Gasteiger partial charge in [-0.15, -0.1) is 0 Å². The number of nitrogens with zero attached hydrogens (tertiary/aromatic N) is 4. The SMILES string of the molecule is C[C@@H](OCC1CC1)C(=O)N1CCCN(Cc2cnn(C)c2)CC1. The maximum atomic E-state index is 12.5. The van der Waals surface area contributed by atoms with E-state index >= 15 is 0 Å². The van der Waals surface area contributed by atoms with E-state index < -0.39 is 0 Å². The van der Waals surface area contributed by atoms with Crippen LogP contribution in [0.1, 0.15) is 31.7 Å². The highest BCUT2D eigenvalue weighted by Gasteiger charge is 2.27. The zero-order chi connectivity index (χ0) is 16.2. The number of carbonyl (C=O) groups is 1. The molecule has 1 aliphatic heterocycles. The third kappa shape index (κ3) is 4.78. The summed E-state index contributed by atoms with van der Waals surface area (Å²) < 4.78 is 7.57. The highest BCUT2D eigenvalue weighted by atomic mass is 16.5. The first-order valence-corrected chi connectivity index (χ1v) is 8.72. The van der Waals surface area contributed by atoms with Gasteiger partial charge in [0.15, 0.2) is 0 Å². The zero-order valence-electron chi connectivity index (χ0n) is 14.3. The summed E-state index contributed by atoms with van der Waals surface area (Å²) in [5, 5.41) is 4.22. The van der Waals surface area contributed by atoms with Gasteiger partial charge in [0.2, 0.25) is 0 Å². The van der Waals surface area contributed by atoms with Gasteiger partial charge in [0.05, 0.1) is 12.8 Å². The van der Waals surface area contributed by atoms with Crippen molar-refractivity contribution in [3.05, 3.63) is 18.0 Å². The quantitative estimate of drug-likeness (QED) is 0.792. The second-order valence-electron chi connectivity index (χ2n) is 6.90. The summed E-state index contributed by atoms with van der Waals surface area (Å²) in [6.45, 7) is 7.10. The van der Waals surface area contributed by atoms with Crippen LogP contribution >= 0.6 is 0 Å². The Labute approximate surface area is 138 Å². The van der Waals surface area contributed by atoms with Crippen molar-refractivity contribution in [2.45, 2.75) is 38.8 Å². The minimum absolute atomic E-state index is 0.147. The molecule has 1 aliphatic carbocycles. The van der Waals surface area contributed by atoms with Crippen molar-refractivity contribution in [2.24, 2.45) is 13.0 Å². The molecular formula is C17H28N4O2. The van der Waals surface area contributed by atoms with Crippen LogP contribution in [-0.2, 0) is 23.1 Å². The molecule has 23 heavy (non-hydrogen) atoms. The molecule has 0 unspecified atom stereocenters. The van der Waals surface area contributed by atoms with Crippen LogP contribution in [0.3, 0.4) is 0 Å². The topological polar surface area (TPSA) is 50.6 Å². The molecule has 1 amide bonds. The molecule has 1 aromatic heterocycles. The van der Waals surface area contributed by atoms with Gasteiger partial charge in [-0.1, -0.05) is 0 Å². The molecule has 0 aromatic carbocycles. The van der Waals surface area contributed by atoms with Gasteiger partial charge in [-0.2, -0.15) is 5.10 Å². The maximum Gasteiger partial charge on any atom is 0.251 e. The Bertz CT molecular complexity index is 526. The van der Waals surface area contributed by atoms with Crippen molar-refractivity contribution in [3.8, 4) is 0 Å². The Morgan fingerprint density at radius 1 is 1.35 bits per heavy atom. The largest absolute Gasteiger partial charge is 0.368 e. The Hall–Kier alpha value is -1.40. The van der Waals surface area contributed by atoms with Gasteiger partial charge in [-0.25, -0.2) is 0 Å². The summed E-state index contributed by atoms with van der Waals surface area (Å²) in [6, 6.07) is 0. The van der Waals surface area contributed by atoms with E-state index in [0.29, 0.717) is 5.92 Å². The van der Waals surface area contributed by atoms with Crippen LogP contribution in [0.15, 0.2) is 12.4 Å². The average Bonchev–Trinajstić information content (AvgIpc) is 3.31. The molecule has 1 saturated carbocycles. The Balaban J connectivity index is 1.46.